The molecule has 35 heavy (non-hydrogen) atoms. The number of halogens is 5. The van der Waals surface area contributed by atoms with Crippen molar-refractivity contribution in [2.24, 2.45) is 4.99 Å². The highest BCUT2D eigenvalue weighted by molar-refractivity contribution is 5.87. The van der Waals surface area contributed by atoms with E-state index < -0.39 is 34.8 Å². The van der Waals surface area contributed by atoms with Crippen LogP contribution in [0.3, 0.4) is 0 Å². The van der Waals surface area contributed by atoms with Gasteiger partial charge in [0.1, 0.15) is 11.4 Å². The number of aliphatic imine (C=N–C) groups is 1. The van der Waals surface area contributed by atoms with E-state index in [1.807, 2.05) is 47.6 Å². The SMILES string of the molecule is CC(C)(C)c1cc(C=Nc2ccccc2Oc2c(F)c(F)c(F)c(F)c2F)c(O)c(C(C)(C)C)c1. The van der Waals surface area contributed by atoms with Crippen molar-refractivity contribution in [3.8, 4) is 17.2 Å². The largest absolute Gasteiger partial charge is 0.507 e. The molecule has 3 rings (SSSR count). The van der Waals surface area contributed by atoms with Crippen LogP contribution in [0.15, 0.2) is 41.4 Å². The molecule has 3 nitrogen and oxygen atoms in total. The van der Waals surface area contributed by atoms with Gasteiger partial charge >= 0.3 is 0 Å². The number of ether oxygens (including phenoxy) is 1. The van der Waals surface area contributed by atoms with E-state index in [2.05, 4.69) is 4.99 Å². The fraction of sp³-hybridized carbons (Fsp3) is 0.296. The molecule has 1 N–H and O–H groups in total. The molecule has 0 saturated carbocycles. The Kier molecular flexibility index (Phi) is 6.97. The number of phenolic OH excluding ortho intramolecular Hbond substituents is 1. The second-order valence-electron chi connectivity index (χ2n) is 10.2. The molecule has 186 valence electrons. The highest BCUT2D eigenvalue weighted by Gasteiger charge is 2.28. The molecule has 3 aromatic carbocycles. The monoisotopic (exact) mass is 491 g/mol. The number of phenols is 1. The van der Waals surface area contributed by atoms with Crippen LogP contribution in [0.2, 0.25) is 0 Å². The molecule has 0 saturated heterocycles. The summed E-state index contributed by atoms with van der Waals surface area (Å²) in [5.41, 5.74) is 1.50. The maximum absolute atomic E-state index is 14.1. The Bertz CT molecular complexity index is 1280. The summed E-state index contributed by atoms with van der Waals surface area (Å²) in [5, 5.41) is 10.9. The van der Waals surface area contributed by atoms with Gasteiger partial charge in [0, 0.05) is 17.3 Å². The van der Waals surface area contributed by atoms with Crippen LogP contribution in [0, 0.1) is 29.1 Å². The summed E-state index contributed by atoms with van der Waals surface area (Å²) in [6.07, 6.45) is 1.36. The standard InChI is InChI=1S/C27H26F5NO2/c1-26(2,3)15-11-14(24(34)16(12-15)27(4,5)6)13-33-17-9-7-8-10-18(17)35-25-22(31)20(29)19(28)21(30)23(25)32/h7-13,34H,1-6H3. The van der Waals surface area contributed by atoms with Crippen LogP contribution >= 0.6 is 0 Å². The van der Waals surface area contributed by atoms with Gasteiger partial charge in [-0.2, -0.15) is 8.78 Å². The number of hydrogen-bond acceptors (Lipinski definition) is 3. The van der Waals surface area contributed by atoms with Gasteiger partial charge in [-0.15, -0.1) is 0 Å². The highest BCUT2D eigenvalue weighted by atomic mass is 19.2. The van der Waals surface area contributed by atoms with Crippen LogP contribution in [0.1, 0.15) is 58.2 Å². The van der Waals surface area contributed by atoms with Gasteiger partial charge in [-0.3, -0.25) is 4.99 Å². The predicted octanol–water partition coefficient (Wildman–Crippen LogP) is 8.23. The number of para-hydroxylation sites is 2. The lowest BCUT2D eigenvalue weighted by molar-refractivity contribution is 0.332. The van der Waals surface area contributed by atoms with Gasteiger partial charge in [-0.1, -0.05) is 59.7 Å². The number of benzene rings is 3. The van der Waals surface area contributed by atoms with E-state index in [0.717, 1.165) is 5.56 Å². The number of aromatic hydroxyl groups is 1. The van der Waals surface area contributed by atoms with E-state index >= 15 is 0 Å². The number of rotatable bonds is 4. The van der Waals surface area contributed by atoms with E-state index in [0.29, 0.717) is 11.1 Å². The molecule has 0 aliphatic rings. The molecule has 0 radical (unpaired) electrons. The van der Waals surface area contributed by atoms with Crippen LogP contribution in [-0.4, -0.2) is 11.3 Å². The van der Waals surface area contributed by atoms with Gasteiger partial charge in [0.2, 0.25) is 34.8 Å². The lowest BCUT2D eigenvalue weighted by Gasteiger charge is -2.27. The molecule has 3 aromatic rings. The molecule has 0 spiro atoms. The Labute approximate surface area is 200 Å². The third-order valence-corrected chi connectivity index (χ3v) is 5.40. The number of nitrogens with zero attached hydrogens (tertiary/aromatic N) is 1. The van der Waals surface area contributed by atoms with Crippen LogP contribution < -0.4 is 4.74 Å². The topological polar surface area (TPSA) is 41.8 Å². The van der Waals surface area contributed by atoms with Gasteiger partial charge in [-0.05, 0) is 34.6 Å². The molecule has 0 bridgehead atoms. The normalized spacial score (nSPS) is 12.4. The maximum Gasteiger partial charge on any atom is 0.207 e. The molecular weight excluding hydrogens is 465 g/mol. The molecule has 0 amide bonds. The summed E-state index contributed by atoms with van der Waals surface area (Å²) >= 11 is 0. The minimum absolute atomic E-state index is 0.0208. The van der Waals surface area contributed by atoms with E-state index in [9.17, 15) is 27.1 Å². The van der Waals surface area contributed by atoms with Crippen molar-refractivity contribution in [2.75, 3.05) is 0 Å². The first-order valence-electron chi connectivity index (χ1n) is 10.8. The van der Waals surface area contributed by atoms with E-state index in [-0.39, 0.29) is 28.0 Å². The van der Waals surface area contributed by atoms with Gasteiger partial charge < -0.3 is 9.84 Å². The second-order valence-corrected chi connectivity index (χ2v) is 10.2. The molecule has 0 aliphatic carbocycles. The Balaban J connectivity index is 2.09. The van der Waals surface area contributed by atoms with Crippen LogP contribution in [0.5, 0.6) is 17.2 Å². The first-order valence-corrected chi connectivity index (χ1v) is 10.8. The summed E-state index contributed by atoms with van der Waals surface area (Å²) in [6, 6.07) is 9.44. The van der Waals surface area contributed by atoms with Crippen LogP contribution in [0.4, 0.5) is 27.6 Å². The summed E-state index contributed by atoms with van der Waals surface area (Å²) < 4.78 is 73.9. The minimum atomic E-state index is -2.28. The van der Waals surface area contributed by atoms with Gasteiger partial charge in [-0.25, -0.2) is 13.2 Å². The smallest absolute Gasteiger partial charge is 0.207 e. The minimum Gasteiger partial charge on any atom is -0.507 e. The average molecular weight is 492 g/mol. The summed E-state index contributed by atoms with van der Waals surface area (Å²) in [4.78, 5) is 4.29. The quantitative estimate of drug-likeness (QED) is 0.173. The molecule has 0 fully saturated rings. The molecule has 8 heteroatoms. The highest BCUT2D eigenvalue weighted by Crippen LogP contribution is 2.39. The van der Waals surface area contributed by atoms with Gasteiger partial charge in [0.05, 0.1) is 0 Å². The average Bonchev–Trinajstić information content (AvgIpc) is 2.77. The Hall–Kier alpha value is -3.42. The van der Waals surface area contributed by atoms with Crippen LogP contribution in [0.25, 0.3) is 0 Å². The molecule has 0 aliphatic heterocycles. The molecule has 0 aromatic heterocycles. The third kappa shape index (κ3) is 5.31. The zero-order valence-corrected chi connectivity index (χ0v) is 20.2. The Morgan fingerprint density at radius 3 is 1.86 bits per heavy atom. The van der Waals surface area contributed by atoms with E-state index in [1.54, 1.807) is 12.1 Å². The van der Waals surface area contributed by atoms with Crippen molar-refractivity contribution in [2.45, 2.75) is 52.4 Å². The van der Waals surface area contributed by atoms with Crippen molar-refractivity contribution in [1.82, 2.24) is 0 Å². The fourth-order valence-electron chi connectivity index (χ4n) is 3.33. The van der Waals surface area contributed by atoms with Crippen LogP contribution in [-0.2, 0) is 10.8 Å². The summed E-state index contributed by atoms with van der Waals surface area (Å²) in [7, 11) is 0. The van der Waals surface area contributed by atoms with Crippen molar-refractivity contribution in [1.29, 1.82) is 0 Å². The molecule has 0 unspecified atom stereocenters. The fourth-order valence-corrected chi connectivity index (χ4v) is 3.33. The molecule has 0 atom stereocenters. The Morgan fingerprint density at radius 1 is 0.771 bits per heavy atom. The first kappa shape index (κ1) is 26.2. The zero-order valence-electron chi connectivity index (χ0n) is 20.2. The molecular formula is C27H26F5NO2. The van der Waals surface area contributed by atoms with Gasteiger partial charge in [0.25, 0.3) is 0 Å². The Morgan fingerprint density at radius 2 is 1.31 bits per heavy atom. The van der Waals surface area contributed by atoms with Crippen molar-refractivity contribution < 1.29 is 31.8 Å². The maximum atomic E-state index is 14.1. The predicted molar refractivity (Wildman–Crippen MR) is 126 cm³/mol. The first-order chi connectivity index (χ1) is 16.1. The third-order valence-electron chi connectivity index (χ3n) is 5.40. The summed E-state index contributed by atoms with van der Waals surface area (Å²) in [6.45, 7) is 12.0. The molecule has 0 heterocycles. The van der Waals surface area contributed by atoms with Crippen molar-refractivity contribution in [3.05, 3.63) is 82.2 Å². The van der Waals surface area contributed by atoms with E-state index in [1.165, 1.54) is 24.4 Å². The lowest BCUT2D eigenvalue weighted by atomic mass is 9.79. The number of hydrogen-bond donors (Lipinski definition) is 1. The van der Waals surface area contributed by atoms with Crippen molar-refractivity contribution in [3.63, 3.8) is 0 Å². The second kappa shape index (κ2) is 9.32. The summed E-state index contributed by atoms with van der Waals surface area (Å²) in [5.74, 6) is -12.3. The lowest BCUT2D eigenvalue weighted by Crippen LogP contribution is -2.17. The zero-order chi connectivity index (χ0) is 26.3. The van der Waals surface area contributed by atoms with Gasteiger partial charge in [0.15, 0.2) is 5.75 Å². The van der Waals surface area contributed by atoms with Crippen molar-refractivity contribution >= 4 is 11.9 Å². The van der Waals surface area contributed by atoms with E-state index in [4.69, 9.17) is 4.74 Å².